The zero-order valence-electron chi connectivity index (χ0n) is 11.7. The number of esters is 1. The molecule has 2 rings (SSSR count). The molecule has 2 N–H and O–H groups in total. The van der Waals surface area contributed by atoms with Gasteiger partial charge in [-0.25, -0.2) is 4.79 Å². The molecule has 110 valence electrons. The highest BCUT2D eigenvalue weighted by molar-refractivity contribution is 7.16. The Hall–Kier alpha value is -1.56. The van der Waals surface area contributed by atoms with Gasteiger partial charge in [-0.2, -0.15) is 0 Å². The number of anilines is 1. The summed E-state index contributed by atoms with van der Waals surface area (Å²) in [6, 6.07) is 0. The highest BCUT2D eigenvalue weighted by Gasteiger charge is 2.26. The molecular formula is C14H19NO4S. The van der Waals surface area contributed by atoms with Crippen molar-refractivity contribution in [2.75, 3.05) is 19.0 Å². The molecule has 1 aliphatic carbocycles. The molecule has 20 heavy (non-hydrogen) atoms. The van der Waals surface area contributed by atoms with Crippen molar-refractivity contribution in [3.8, 4) is 0 Å². The second kappa shape index (κ2) is 6.26. The first-order valence-electron chi connectivity index (χ1n) is 6.74. The minimum Gasteiger partial charge on any atom is -0.481 e. The summed E-state index contributed by atoms with van der Waals surface area (Å²) in [7, 11) is 1.37. The van der Waals surface area contributed by atoms with Crippen LogP contribution in [0.25, 0.3) is 0 Å². The van der Waals surface area contributed by atoms with E-state index in [1.807, 2.05) is 0 Å². The van der Waals surface area contributed by atoms with Crippen LogP contribution in [0.2, 0.25) is 0 Å². The standard InChI is InChI=1S/C14H19NO4S/c1-8(13(16)17)7-15-12-11(14(18)19-2)9-5-3-4-6-10(9)20-12/h8,15H,3-7H2,1-2H3,(H,16,17). The van der Waals surface area contributed by atoms with Gasteiger partial charge in [-0.05, 0) is 31.2 Å². The maximum Gasteiger partial charge on any atom is 0.341 e. The Labute approximate surface area is 121 Å². The van der Waals surface area contributed by atoms with E-state index in [9.17, 15) is 9.59 Å². The summed E-state index contributed by atoms with van der Waals surface area (Å²) in [4.78, 5) is 24.1. The molecule has 0 radical (unpaired) electrons. The Morgan fingerprint density at radius 3 is 2.75 bits per heavy atom. The van der Waals surface area contributed by atoms with Crippen molar-refractivity contribution in [2.24, 2.45) is 5.92 Å². The monoisotopic (exact) mass is 297 g/mol. The average molecular weight is 297 g/mol. The smallest absolute Gasteiger partial charge is 0.341 e. The number of hydrogen-bond donors (Lipinski definition) is 2. The molecule has 0 spiro atoms. The van der Waals surface area contributed by atoms with Crippen LogP contribution in [-0.4, -0.2) is 30.7 Å². The number of carboxylic acids is 1. The van der Waals surface area contributed by atoms with Crippen molar-refractivity contribution >= 4 is 28.3 Å². The van der Waals surface area contributed by atoms with E-state index in [-0.39, 0.29) is 5.97 Å². The SMILES string of the molecule is COC(=O)c1c(NCC(C)C(=O)O)sc2c1CCCC2. The molecule has 0 saturated carbocycles. The highest BCUT2D eigenvalue weighted by atomic mass is 32.1. The quantitative estimate of drug-likeness (QED) is 0.817. The van der Waals surface area contributed by atoms with Crippen molar-refractivity contribution in [1.82, 2.24) is 0 Å². The van der Waals surface area contributed by atoms with E-state index in [4.69, 9.17) is 9.84 Å². The fourth-order valence-electron chi connectivity index (χ4n) is 2.34. The number of carbonyl (C=O) groups excluding carboxylic acids is 1. The molecule has 0 saturated heterocycles. The number of hydrogen-bond acceptors (Lipinski definition) is 5. The van der Waals surface area contributed by atoms with Crippen molar-refractivity contribution in [3.05, 3.63) is 16.0 Å². The lowest BCUT2D eigenvalue weighted by Crippen LogP contribution is -2.20. The molecule has 0 fully saturated rings. The van der Waals surface area contributed by atoms with Gasteiger partial charge < -0.3 is 15.2 Å². The molecule has 1 aliphatic rings. The van der Waals surface area contributed by atoms with Crippen LogP contribution in [0.4, 0.5) is 5.00 Å². The van der Waals surface area contributed by atoms with E-state index in [0.717, 1.165) is 36.2 Å². The topological polar surface area (TPSA) is 75.6 Å². The minimum absolute atomic E-state index is 0.304. The number of aryl methyl sites for hydroxylation is 1. The summed E-state index contributed by atoms with van der Waals surface area (Å²) in [6.07, 6.45) is 4.10. The number of ether oxygens (including phenoxy) is 1. The van der Waals surface area contributed by atoms with Crippen LogP contribution in [0.15, 0.2) is 0 Å². The second-order valence-electron chi connectivity index (χ2n) is 5.03. The predicted molar refractivity (Wildman–Crippen MR) is 77.6 cm³/mol. The normalized spacial score (nSPS) is 15.3. The van der Waals surface area contributed by atoms with E-state index < -0.39 is 11.9 Å². The zero-order valence-corrected chi connectivity index (χ0v) is 12.5. The van der Waals surface area contributed by atoms with Gasteiger partial charge in [0.1, 0.15) is 5.00 Å². The molecule has 1 unspecified atom stereocenters. The van der Waals surface area contributed by atoms with Crippen molar-refractivity contribution in [3.63, 3.8) is 0 Å². The molecule has 5 nitrogen and oxygen atoms in total. The van der Waals surface area contributed by atoms with Crippen molar-refractivity contribution < 1.29 is 19.4 Å². The van der Waals surface area contributed by atoms with Gasteiger partial charge in [0.25, 0.3) is 0 Å². The molecule has 1 atom stereocenters. The first-order valence-corrected chi connectivity index (χ1v) is 7.55. The summed E-state index contributed by atoms with van der Waals surface area (Å²) < 4.78 is 4.87. The molecule has 6 heteroatoms. The van der Waals surface area contributed by atoms with Gasteiger partial charge in [0.05, 0.1) is 18.6 Å². The number of aliphatic carboxylic acids is 1. The number of rotatable bonds is 5. The van der Waals surface area contributed by atoms with E-state index in [0.29, 0.717) is 12.1 Å². The molecule has 0 amide bonds. The number of fused-ring (bicyclic) bond motifs is 1. The summed E-state index contributed by atoms with van der Waals surface area (Å²) in [5, 5.41) is 12.8. The van der Waals surface area contributed by atoms with Gasteiger partial charge in [-0.15, -0.1) is 11.3 Å². The average Bonchev–Trinajstić information content (AvgIpc) is 2.82. The maximum atomic E-state index is 12.0. The third kappa shape index (κ3) is 2.95. The first kappa shape index (κ1) is 14.8. The van der Waals surface area contributed by atoms with Crippen molar-refractivity contribution in [1.29, 1.82) is 0 Å². The van der Waals surface area contributed by atoms with Gasteiger partial charge in [0.15, 0.2) is 0 Å². The fraction of sp³-hybridized carbons (Fsp3) is 0.571. The Morgan fingerprint density at radius 2 is 2.10 bits per heavy atom. The van der Waals surface area contributed by atoms with Gasteiger partial charge in [0.2, 0.25) is 0 Å². The molecule has 0 aromatic carbocycles. The number of carbonyl (C=O) groups is 2. The Bertz CT molecular complexity index is 523. The Kier molecular flexibility index (Phi) is 4.65. The molecule has 1 aromatic heterocycles. The predicted octanol–water partition coefficient (Wildman–Crippen LogP) is 2.55. The van der Waals surface area contributed by atoms with Crippen LogP contribution in [-0.2, 0) is 22.4 Å². The molecule has 0 aliphatic heterocycles. The number of nitrogens with one attached hydrogen (secondary N) is 1. The summed E-state index contributed by atoms with van der Waals surface area (Å²) >= 11 is 1.55. The lowest BCUT2D eigenvalue weighted by Gasteiger charge is -2.12. The third-order valence-corrected chi connectivity index (χ3v) is 4.80. The number of thiophene rings is 1. The first-order chi connectivity index (χ1) is 9.54. The summed E-state index contributed by atoms with van der Waals surface area (Å²) in [5.74, 6) is -1.69. The van der Waals surface area contributed by atoms with Gasteiger partial charge in [0, 0.05) is 11.4 Å². The van der Waals surface area contributed by atoms with Gasteiger partial charge in [-0.1, -0.05) is 6.92 Å². The van der Waals surface area contributed by atoms with E-state index in [2.05, 4.69) is 5.32 Å². The second-order valence-corrected chi connectivity index (χ2v) is 6.13. The van der Waals surface area contributed by atoms with Crippen LogP contribution < -0.4 is 5.32 Å². The molecular weight excluding hydrogens is 278 g/mol. The molecule has 1 heterocycles. The van der Waals surface area contributed by atoms with Crippen LogP contribution in [0, 0.1) is 5.92 Å². The summed E-state index contributed by atoms with van der Waals surface area (Å²) in [6.45, 7) is 1.94. The van der Waals surface area contributed by atoms with Crippen molar-refractivity contribution in [2.45, 2.75) is 32.6 Å². The highest BCUT2D eigenvalue weighted by Crippen LogP contribution is 2.38. The maximum absolute atomic E-state index is 12.0. The summed E-state index contributed by atoms with van der Waals surface area (Å²) in [5.41, 5.74) is 1.68. The van der Waals surface area contributed by atoms with Crippen LogP contribution in [0.1, 0.15) is 40.6 Å². The Morgan fingerprint density at radius 1 is 1.40 bits per heavy atom. The largest absolute Gasteiger partial charge is 0.481 e. The zero-order chi connectivity index (χ0) is 14.7. The fourth-order valence-corrected chi connectivity index (χ4v) is 3.63. The number of methoxy groups -OCH3 is 1. The Balaban J connectivity index is 2.25. The van der Waals surface area contributed by atoms with Crippen LogP contribution in [0.5, 0.6) is 0 Å². The molecule has 1 aromatic rings. The van der Waals surface area contributed by atoms with Crippen LogP contribution >= 0.6 is 11.3 Å². The van der Waals surface area contributed by atoms with Gasteiger partial charge in [-0.3, -0.25) is 4.79 Å². The van der Waals surface area contributed by atoms with E-state index in [1.165, 1.54) is 12.0 Å². The lowest BCUT2D eigenvalue weighted by atomic mass is 9.95. The minimum atomic E-state index is -0.849. The lowest BCUT2D eigenvalue weighted by molar-refractivity contribution is -0.140. The number of carboxylic acid groups (broad SMARTS) is 1. The third-order valence-electron chi connectivity index (χ3n) is 3.55. The van der Waals surface area contributed by atoms with E-state index >= 15 is 0 Å². The van der Waals surface area contributed by atoms with Gasteiger partial charge >= 0.3 is 11.9 Å². The van der Waals surface area contributed by atoms with Crippen LogP contribution in [0.3, 0.4) is 0 Å². The van der Waals surface area contributed by atoms with E-state index in [1.54, 1.807) is 18.3 Å². The molecule has 0 bridgehead atoms.